The number of hydrogen-bond acceptors (Lipinski definition) is 4. The lowest BCUT2D eigenvalue weighted by Gasteiger charge is -2.42. The molecule has 1 aliphatic rings. The van der Waals surface area contributed by atoms with Crippen LogP contribution < -0.4 is 5.73 Å². The van der Waals surface area contributed by atoms with Crippen LogP contribution in [0.1, 0.15) is 26.2 Å². The minimum Gasteiger partial charge on any atom is -0.383 e. The van der Waals surface area contributed by atoms with E-state index in [0.717, 1.165) is 32.1 Å². The van der Waals surface area contributed by atoms with E-state index in [2.05, 4.69) is 18.9 Å². The van der Waals surface area contributed by atoms with Crippen LogP contribution in [0.4, 0.5) is 0 Å². The monoisotopic (exact) mass is 244 g/mol. The van der Waals surface area contributed by atoms with Crippen molar-refractivity contribution >= 4 is 0 Å². The quantitative estimate of drug-likeness (QED) is 0.728. The van der Waals surface area contributed by atoms with Gasteiger partial charge >= 0.3 is 0 Å². The molecule has 102 valence electrons. The summed E-state index contributed by atoms with van der Waals surface area (Å²) in [5, 5.41) is 0. The van der Waals surface area contributed by atoms with E-state index in [-0.39, 0.29) is 5.54 Å². The Morgan fingerprint density at radius 2 is 2.06 bits per heavy atom. The molecule has 0 amide bonds. The van der Waals surface area contributed by atoms with Gasteiger partial charge in [0.05, 0.1) is 12.1 Å². The highest BCUT2D eigenvalue weighted by Gasteiger charge is 2.32. The summed E-state index contributed by atoms with van der Waals surface area (Å²) >= 11 is 0. The number of ether oxygens (including phenoxy) is 2. The Balaban J connectivity index is 2.53. The molecule has 0 saturated carbocycles. The Kier molecular flexibility index (Phi) is 6.41. The van der Waals surface area contributed by atoms with Crippen molar-refractivity contribution in [3.63, 3.8) is 0 Å². The highest BCUT2D eigenvalue weighted by Crippen LogP contribution is 2.23. The van der Waals surface area contributed by atoms with E-state index >= 15 is 0 Å². The van der Waals surface area contributed by atoms with Gasteiger partial charge in [-0.3, -0.25) is 4.90 Å². The zero-order chi connectivity index (χ0) is 12.7. The fourth-order valence-corrected chi connectivity index (χ4v) is 2.62. The summed E-state index contributed by atoms with van der Waals surface area (Å²) in [6, 6.07) is 0. The lowest BCUT2D eigenvalue weighted by molar-refractivity contribution is -0.000261. The number of nitrogens with zero attached hydrogens (tertiary/aromatic N) is 1. The maximum atomic E-state index is 5.96. The molecule has 0 aromatic heterocycles. The first-order valence-corrected chi connectivity index (χ1v) is 6.66. The third-order valence-electron chi connectivity index (χ3n) is 4.13. The minimum absolute atomic E-state index is 0.00689. The van der Waals surface area contributed by atoms with Crippen LogP contribution in [0, 0.1) is 5.92 Å². The molecule has 0 aromatic carbocycles. The molecule has 0 aromatic rings. The van der Waals surface area contributed by atoms with Crippen LogP contribution in [0.2, 0.25) is 0 Å². The van der Waals surface area contributed by atoms with Crippen molar-refractivity contribution in [3.8, 4) is 0 Å². The summed E-state index contributed by atoms with van der Waals surface area (Å²) in [5.41, 5.74) is 5.96. The average molecular weight is 244 g/mol. The van der Waals surface area contributed by atoms with E-state index < -0.39 is 0 Å². The molecule has 4 heteroatoms. The van der Waals surface area contributed by atoms with Gasteiger partial charge in [-0.15, -0.1) is 0 Å². The predicted molar refractivity (Wildman–Crippen MR) is 70.1 cm³/mol. The molecule has 0 aliphatic carbocycles. The summed E-state index contributed by atoms with van der Waals surface area (Å²) in [6.07, 6.45) is 3.36. The van der Waals surface area contributed by atoms with Crippen LogP contribution in [-0.4, -0.2) is 57.5 Å². The molecule has 2 N–H and O–H groups in total. The Hall–Kier alpha value is -0.160. The first-order valence-electron chi connectivity index (χ1n) is 6.66. The van der Waals surface area contributed by atoms with E-state index in [1.54, 1.807) is 7.11 Å². The Bertz CT molecular complexity index is 202. The van der Waals surface area contributed by atoms with Crippen molar-refractivity contribution in [2.45, 2.75) is 31.7 Å². The zero-order valence-corrected chi connectivity index (χ0v) is 11.6. The molecule has 17 heavy (non-hydrogen) atoms. The van der Waals surface area contributed by atoms with Crippen molar-refractivity contribution in [1.29, 1.82) is 0 Å². The molecule has 1 fully saturated rings. The molecule has 4 nitrogen and oxygen atoms in total. The van der Waals surface area contributed by atoms with Gasteiger partial charge in [0.15, 0.2) is 0 Å². The Morgan fingerprint density at radius 1 is 1.41 bits per heavy atom. The maximum absolute atomic E-state index is 5.96. The van der Waals surface area contributed by atoms with Gasteiger partial charge < -0.3 is 15.2 Å². The van der Waals surface area contributed by atoms with E-state index in [1.807, 2.05) is 0 Å². The van der Waals surface area contributed by atoms with Gasteiger partial charge in [0.2, 0.25) is 0 Å². The van der Waals surface area contributed by atoms with Gasteiger partial charge in [-0.25, -0.2) is 0 Å². The summed E-state index contributed by atoms with van der Waals surface area (Å²) in [5.74, 6) is 0.739. The normalized spacial score (nSPS) is 21.7. The van der Waals surface area contributed by atoms with E-state index in [4.69, 9.17) is 15.2 Å². The van der Waals surface area contributed by atoms with Crippen LogP contribution in [0.15, 0.2) is 0 Å². The fraction of sp³-hybridized carbons (Fsp3) is 1.00. The summed E-state index contributed by atoms with van der Waals surface area (Å²) in [6.45, 7) is 6.45. The van der Waals surface area contributed by atoms with Crippen molar-refractivity contribution in [2.24, 2.45) is 11.7 Å². The van der Waals surface area contributed by atoms with Gasteiger partial charge in [0.25, 0.3) is 0 Å². The molecular formula is C13H28N2O2. The smallest absolute Gasteiger partial charge is 0.0658 e. The van der Waals surface area contributed by atoms with Crippen molar-refractivity contribution in [2.75, 3.05) is 47.1 Å². The molecule has 0 radical (unpaired) electrons. The second kappa shape index (κ2) is 7.31. The number of methoxy groups -OCH3 is 1. The third kappa shape index (κ3) is 3.91. The Labute approximate surface area is 105 Å². The number of nitrogens with two attached hydrogens (primary N) is 1. The highest BCUT2D eigenvalue weighted by molar-refractivity contribution is 4.90. The summed E-state index contributed by atoms with van der Waals surface area (Å²) < 4.78 is 10.8. The van der Waals surface area contributed by atoms with Gasteiger partial charge in [0.1, 0.15) is 0 Å². The lowest BCUT2D eigenvalue weighted by Crippen LogP contribution is -2.56. The predicted octanol–water partition coefficient (Wildman–Crippen LogP) is 1.10. The molecule has 1 aliphatic heterocycles. The first-order chi connectivity index (χ1) is 8.18. The highest BCUT2D eigenvalue weighted by atomic mass is 16.5. The van der Waals surface area contributed by atoms with Crippen LogP contribution in [-0.2, 0) is 9.47 Å². The Morgan fingerprint density at radius 3 is 2.53 bits per heavy atom. The average Bonchev–Trinajstić information content (AvgIpc) is 2.37. The molecule has 1 atom stereocenters. The molecule has 1 saturated heterocycles. The zero-order valence-electron chi connectivity index (χ0n) is 11.6. The fourth-order valence-electron chi connectivity index (χ4n) is 2.62. The minimum atomic E-state index is -0.00689. The van der Waals surface area contributed by atoms with Crippen LogP contribution in [0.5, 0.6) is 0 Å². The van der Waals surface area contributed by atoms with Gasteiger partial charge in [0, 0.05) is 33.4 Å². The van der Waals surface area contributed by atoms with Crippen molar-refractivity contribution in [1.82, 2.24) is 4.90 Å². The van der Waals surface area contributed by atoms with Gasteiger partial charge in [-0.05, 0) is 32.2 Å². The van der Waals surface area contributed by atoms with Crippen molar-refractivity contribution < 1.29 is 9.47 Å². The van der Waals surface area contributed by atoms with E-state index in [0.29, 0.717) is 13.2 Å². The standard InChI is InChI=1S/C13H28N2O2/c1-4-13(10-14,11-16-3)15(2)9-12-5-7-17-8-6-12/h12H,4-11,14H2,1-3H3. The SMILES string of the molecule is CCC(CN)(COC)N(C)CC1CCOCC1. The summed E-state index contributed by atoms with van der Waals surface area (Å²) in [4.78, 5) is 2.40. The van der Waals surface area contributed by atoms with E-state index in [9.17, 15) is 0 Å². The second-order valence-corrected chi connectivity index (χ2v) is 5.15. The summed E-state index contributed by atoms with van der Waals surface area (Å²) in [7, 11) is 3.92. The molecule has 1 rings (SSSR count). The molecular weight excluding hydrogens is 216 g/mol. The third-order valence-corrected chi connectivity index (χ3v) is 4.13. The molecule has 0 spiro atoms. The number of likely N-dealkylation sites (N-methyl/N-ethyl adjacent to an activating group) is 1. The van der Waals surface area contributed by atoms with Crippen molar-refractivity contribution in [3.05, 3.63) is 0 Å². The van der Waals surface area contributed by atoms with Crippen LogP contribution in [0.3, 0.4) is 0 Å². The van der Waals surface area contributed by atoms with Crippen LogP contribution in [0.25, 0.3) is 0 Å². The molecule has 1 heterocycles. The molecule has 0 bridgehead atoms. The number of rotatable bonds is 7. The molecule has 1 unspecified atom stereocenters. The largest absolute Gasteiger partial charge is 0.383 e. The first kappa shape index (κ1) is 14.9. The maximum Gasteiger partial charge on any atom is 0.0658 e. The number of hydrogen-bond donors (Lipinski definition) is 1. The van der Waals surface area contributed by atoms with Gasteiger partial charge in [-0.1, -0.05) is 6.92 Å². The topological polar surface area (TPSA) is 47.7 Å². The van der Waals surface area contributed by atoms with Crippen LogP contribution >= 0.6 is 0 Å². The lowest BCUT2D eigenvalue weighted by atomic mass is 9.92. The van der Waals surface area contributed by atoms with Gasteiger partial charge in [-0.2, -0.15) is 0 Å². The second-order valence-electron chi connectivity index (χ2n) is 5.15. The van der Waals surface area contributed by atoms with E-state index in [1.165, 1.54) is 12.8 Å².